The number of hydrogen-bond acceptors (Lipinski definition) is 3. The molecule has 148 valence electrons. The molecule has 2 nitrogen and oxygen atoms in total. The van der Waals surface area contributed by atoms with Crippen molar-refractivity contribution in [3.63, 3.8) is 0 Å². The van der Waals surface area contributed by atoms with Gasteiger partial charge in [-0.3, -0.25) is 0 Å². The summed E-state index contributed by atoms with van der Waals surface area (Å²) in [6.07, 6.45) is 14.6. The Labute approximate surface area is 170 Å². The number of benzene rings is 1. The van der Waals surface area contributed by atoms with Gasteiger partial charge in [-0.05, 0) is 49.1 Å². The van der Waals surface area contributed by atoms with E-state index in [1.54, 1.807) is 16.1 Å². The van der Waals surface area contributed by atoms with E-state index in [-0.39, 0.29) is 0 Å². The third-order valence-electron chi connectivity index (χ3n) is 7.64. The highest BCUT2D eigenvalue weighted by molar-refractivity contribution is 7.99. The Morgan fingerprint density at radius 1 is 0.963 bits per heavy atom. The Balaban J connectivity index is 1.18. The fourth-order valence-electron chi connectivity index (χ4n) is 6.26. The third kappa shape index (κ3) is 3.79. The first kappa shape index (κ1) is 18.4. The summed E-state index contributed by atoms with van der Waals surface area (Å²) in [4.78, 5) is 7.15. The monoisotopic (exact) mass is 384 g/mol. The molecule has 0 radical (unpaired) electrons. The molecular formula is C24H36N2S. The van der Waals surface area contributed by atoms with Crippen LogP contribution in [0.25, 0.3) is 0 Å². The zero-order chi connectivity index (χ0) is 18.1. The van der Waals surface area contributed by atoms with E-state index in [2.05, 4.69) is 39.8 Å². The zero-order valence-corrected chi connectivity index (χ0v) is 17.7. The molecule has 0 bridgehead atoms. The number of rotatable bonds is 5. The summed E-state index contributed by atoms with van der Waals surface area (Å²) in [6, 6.07) is 7.89. The second kappa shape index (κ2) is 8.37. The Bertz CT molecular complexity index is 639. The Kier molecular flexibility index (Phi) is 5.69. The van der Waals surface area contributed by atoms with Crippen LogP contribution < -0.4 is 4.90 Å². The molecule has 1 aromatic rings. The van der Waals surface area contributed by atoms with Crippen LogP contribution >= 0.6 is 11.8 Å². The van der Waals surface area contributed by atoms with Gasteiger partial charge in [0.25, 0.3) is 0 Å². The van der Waals surface area contributed by atoms with Crippen molar-refractivity contribution in [2.45, 2.75) is 81.1 Å². The lowest BCUT2D eigenvalue weighted by Crippen LogP contribution is -2.46. The van der Waals surface area contributed by atoms with Crippen molar-refractivity contribution in [3.8, 4) is 0 Å². The topological polar surface area (TPSA) is 6.48 Å². The largest absolute Gasteiger partial charge is 0.367 e. The summed E-state index contributed by atoms with van der Waals surface area (Å²) in [5, 5.41) is 0. The van der Waals surface area contributed by atoms with Crippen LogP contribution in [-0.4, -0.2) is 42.9 Å². The molecular weight excluding hydrogens is 348 g/mol. The van der Waals surface area contributed by atoms with Crippen molar-refractivity contribution < 1.29 is 0 Å². The lowest BCUT2D eigenvalue weighted by Gasteiger charge is -2.39. The van der Waals surface area contributed by atoms with E-state index in [0.29, 0.717) is 0 Å². The summed E-state index contributed by atoms with van der Waals surface area (Å²) in [5.41, 5.74) is 3.29. The van der Waals surface area contributed by atoms with Crippen molar-refractivity contribution in [1.29, 1.82) is 0 Å². The molecule has 2 unspecified atom stereocenters. The SMILES string of the molecule is c1cc2c3c(c1)C1CN(CCCCC4CCCCC4)CCC1N3CCCS2. The molecule has 3 heterocycles. The molecule has 2 atom stereocenters. The molecule has 3 heteroatoms. The number of anilines is 1. The van der Waals surface area contributed by atoms with Crippen LogP contribution in [0.1, 0.15) is 75.7 Å². The van der Waals surface area contributed by atoms with Crippen LogP contribution in [-0.2, 0) is 0 Å². The van der Waals surface area contributed by atoms with Crippen LogP contribution in [0.5, 0.6) is 0 Å². The van der Waals surface area contributed by atoms with Gasteiger partial charge < -0.3 is 9.80 Å². The minimum absolute atomic E-state index is 0.755. The van der Waals surface area contributed by atoms with Gasteiger partial charge in [-0.25, -0.2) is 0 Å². The summed E-state index contributed by atoms with van der Waals surface area (Å²) >= 11 is 2.09. The second-order valence-corrected chi connectivity index (χ2v) is 10.5. The number of likely N-dealkylation sites (tertiary alicyclic amines) is 1. The van der Waals surface area contributed by atoms with Crippen LogP contribution in [0.4, 0.5) is 5.69 Å². The number of hydrogen-bond donors (Lipinski definition) is 0. The number of fused-ring (bicyclic) bond motifs is 3. The molecule has 0 spiro atoms. The van der Waals surface area contributed by atoms with E-state index in [9.17, 15) is 0 Å². The average Bonchev–Trinajstić information content (AvgIpc) is 2.87. The van der Waals surface area contributed by atoms with Gasteiger partial charge in [0.2, 0.25) is 0 Å². The van der Waals surface area contributed by atoms with Gasteiger partial charge in [-0.1, -0.05) is 57.1 Å². The van der Waals surface area contributed by atoms with E-state index < -0.39 is 0 Å². The number of thioether (sulfide) groups is 1. The first-order valence-corrected chi connectivity index (χ1v) is 12.6. The second-order valence-electron chi connectivity index (χ2n) is 9.35. The number of piperidine rings is 1. The lowest BCUT2D eigenvalue weighted by atomic mass is 9.85. The molecule has 0 aromatic heterocycles. The van der Waals surface area contributed by atoms with Crippen molar-refractivity contribution >= 4 is 17.4 Å². The molecule has 4 aliphatic rings. The van der Waals surface area contributed by atoms with E-state index >= 15 is 0 Å². The summed E-state index contributed by atoms with van der Waals surface area (Å²) in [6.45, 7) is 5.22. The lowest BCUT2D eigenvalue weighted by molar-refractivity contribution is 0.188. The third-order valence-corrected chi connectivity index (χ3v) is 8.77. The summed E-state index contributed by atoms with van der Waals surface area (Å²) in [7, 11) is 0. The molecule has 2 fully saturated rings. The van der Waals surface area contributed by atoms with Gasteiger partial charge in [0.05, 0.1) is 5.69 Å². The van der Waals surface area contributed by atoms with E-state index in [0.717, 1.165) is 17.9 Å². The van der Waals surface area contributed by atoms with Gasteiger partial charge in [0.1, 0.15) is 0 Å². The van der Waals surface area contributed by atoms with Crippen LogP contribution in [0, 0.1) is 5.92 Å². The van der Waals surface area contributed by atoms with Gasteiger partial charge >= 0.3 is 0 Å². The Morgan fingerprint density at radius 3 is 2.81 bits per heavy atom. The van der Waals surface area contributed by atoms with Crippen molar-refractivity contribution in [3.05, 3.63) is 23.8 Å². The first-order valence-electron chi connectivity index (χ1n) is 11.6. The molecule has 1 saturated heterocycles. The number of unbranched alkanes of at least 4 members (excludes halogenated alkanes) is 1. The molecule has 1 aliphatic carbocycles. The van der Waals surface area contributed by atoms with Crippen LogP contribution in [0.3, 0.4) is 0 Å². The molecule has 27 heavy (non-hydrogen) atoms. The Morgan fingerprint density at radius 2 is 1.89 bits per heavy atom. The molecule has 0 N–H and O–H groups in total. The molecule has 5 rings (SSSR count). The minimum Gasteiger partial charge on any atom is -0.367 e. The first-order chi connectivity index (χ1) is 13.4. The number of para-hydroxylation sites is 1. The van der Waals surface area contributed by atoms with E-state index in [1.807, 2.05) is 0 Å². The van der Waals surface area contributed by atoms with Gasteiger partial charge in [-0.15, -0.1) is 11.8 Å². The molecule has 1 aromatic carbocycles. The maximum atomic E-state index is 2.80. The number of nitrogens with zero attached hydrogens (tertiary/aromatic N) is 2. The highest BCUT2D eigenvalue weighted by Gasteiger charge is 2.43. The smallest absolute Gasteiger partial charge is 0.0543 e. The van der Waals surface area contributed by atoms with E-state index in [4.69, 9.17) is 0 Å². The highest BCUT2D eigenvalue weighted by Crippen LogP contribution is 2.50. The summed E-state index contributed by atoms with van der Waals surface area (Å²) in [5.74, 6) is 3.10. The maximum Gasteiger partial charge on any atom is 0.0543 e. The van der Waals surface area contributed by atoms with Crippen molar-refractivity contribution in [1.82, 2.24) is 4.90 Å². The predicted octanol–water partition coefficient (Wildman–Crippen LogP) is 5.91. The van der Waals surface area contributed by atoms with Gasteiger partial charge in [-0.2, -0.15) is 0 Å². The maximum absolute atomic E-state index is 2.80. The van der Waals surface area contributed by atoms with Crippen molar-refractivity contribution in [2.75, 3.05) is 36.8 Å². The minimum atomic E-state index is 0.755. The van der Waals surface area contributed by atoms with Crippen LogP contribution in [0.2, 0.25) is 0 Å². The fraction of sp³-hybridized carbons (Fsp3) is 0.750. The molecule has 3 aliphatic heterocycles. The Hall–Kier alpha value is -0.670. The predicted molar refractivity (Wildman–Crippen MR) is 117 cm³/mol. The quantitative estimate of drug-likeness (QED) is 0.583. The molecule has 1 saturated carbocycles. The van der Waals surface area contributed by atoms with Gasteiger partial charge in [0.15, 0.2) is 0 Å². The standard InChI is InChI=1S/C24H36N2S/c1-2-8-19(9-3-1)10-4-5-14-25-16-13-22-21(18-25)20-11-6-12-23-24(20)26(22)15-7-17-27-23/h6,11-12,19,21-22H,1-5,7-10,13-18H2. The molecule has 0 amide bonds. The normalized spacial score (nSPS) is 28.7. The highest BCUT2D eigenvalue weighted by atomic mass is 32.2. The zero-order valence-electron chi connectivity index (χ0n) is 16.9. The van der Waals surface area contributed by atoms with E-state index in [1.165, 1.54) is 96.1 Å². The average molecular weight is 385 g/mol. The van der Waals surface area contributed by atoms with Crippen LogP contribution in [0.15, 0.2) is 23.1 Å². The van der Waals surface area contributed by atoms with Gasteiger partial charge in [0, 0.05) is 36.5 Å². The van der Waals surface area contributed by atoms with Crippen molar-refractivity contribution in [2.24, 2.45) is 5.92 Å². The fourth-order valence-corrected chi connectivity index (χ4v) is 7.30. The summed E-state index contributed by atoms with van der Waals surface area (Å²) < 4.78 is 0.